The molecule has 0 unspecified atom stereocenters. The third-order valence-corrected chi connectivity index (χ3v) is 6.52. The Morgan fingerprint density at radius 1 is 0.447 bits per heavy atom. The van der Waals surface area contributed by atoms with E-state index >= 15 is 0 Å². The van der Waals surface area contributed by atoms with Crippen LogP contribution in [-0.4, -0.2) is 6.61 Å². The predicted octanol–water partition coefficient (Wildman–Crippen LogP) is 11.8. The van der Waals surface area contributed by atoms with Gasteiger partial charge in [0.2, 0.25) is 0 Å². The molecule has 202 valence electrons. The molecule has 0 spiro atoms. The maximum Gasteiger partial charge on any atom is 0.119 e. The molecule has 0 bridgehead atoms. The van der Waals surface area contributed by atoms with Crippen molar-refractivity contribution in [1.29, 1.82) is 0 Å². The smallest absolute Gasteiger partial charge is 0.119 e. The zero-order valence-electron chi connectivity index (χ0n) is 23.3. The summed E-state index contributed by atoms with van der Waals surface area (Å²) in [5.41, 5.74) is 4.56. The van der Waals surface area contributed by atoms with Gasteiger partial charge in [0.05, 0.1) is 29.4 Å². The van der Waals surface area contributed by atoms with Gasteiger partial charge in [-0.15, -0.1) is 0 Å². The topological polar surface area (TPSA) is 58.7 Å². The van der Waals surface area contributed by atoms with E-state index in [1.807, 2.05) is 60.7 Å². The third-order valence-electron chi connectivity index (χ3n) is 6.52. The van der Waals surface area contributed by atoms with Gasteiger partial charge in [0, 0.05) is 0 Å². The summed E-state index contributed by atoms with van der Waals surface area (Å²) in [5, 5.41) is 17.4. The summed E-state index contributed by atoms with van der Waals surface area (Å²) in [6, 6.07) is 23.7. The lowest BCUT2D eigenvalue weighted by molar-refractivity contribution is 0.304. The summed E-state index contributed by atoms with van der Waals surface area (Å²) < 4.78 is 5.88. The highest BCUT2D eigenvalue weighted by Crippen LogP contribution is 2.25. The van der Waals surface area contributed by atoms with Crippen molar-refractivity contribution in [2.24, 2.45) is 20.5 Å². The van der Waals surface area contributed by atoms with E-state index in [-0.39, 0.29) is 0 Å². The lowest BCUT2D eigenvalue weighted by atomic mass is 10.1. The van der Waals surface area contributed by atoms with Crippen LogP contribution in [0.5, 0.6) is 5.75 Å². The van der Waals surface area contributed by atoms with Crippen LogP contribution in [0.1, 0.15) is 90.0 Å². The molecule has 5 nitrogen and oxygen atoms in total. The molecule has 0 aliphatic heterocycles. The molecule has 5 heteroatoms. The van der Waals surface area contributed by atoms with Crippen molar-refractivity contribution in [1.82, 2.24) is 0 Å². The minimum Gasteiger partial charge on any atom is -0.494 e. The quantitative estimate of drug-likeness (QED) is 0.123. The van der Waals surface area contributed by atoms with Crippen LogP contribution in [0.2, 0.25) is 0 Å². The molecule has 3 aromatic carbocycles. The molecule has 0 heterocycles. The van der Waals surface area contributed by atoms with Crippen LogP contribution < -0.4 is 4.74 Å². The Hall–Kier alpha value is -3.34. The first-order valence-corrected chi connectivity index (χ1v) is 14.5. The van der Waals surface area contributed by atoms with Crippen molar-refractivity contribution in [2.75, 3.05) is 6.61 Å². The van der Waals surface area contributed by atoms with Gasteiger partial charge in [-0.3, -0.25) is 0 Å². The number of nitrogens with zero attached hydrogens (tertiary/aromatic N) is 4. The van der Waals surface area contributed by atoms with Crippen LogP contribution in [-0.2, 0) is 6.42 Å². The fourth-order valence-electron chi connectivity index (χ4n) is 4.14. The predicted molar refractivity (Wildman–Crippen MR) is 159 cm³/mol. The van der Waals surface area contributed by atoms with Gasteiger partial charge in [-0.2, -0.15) is 20.5 Å². The van der Waals surface area contributed by atoms with E-state index in [4.69, 9.17) is 4.74 Å². The van der Waals surface area contributed by atoms with Crippen molar-refractivity contribution >= 4 is 22.7 Å². The molecule has 3 aromatic rings. The summed E-state index contributed by atoms with van der Waals surface area (Å²) in [5.74, 6) is 0.883. The van der Waals surface area contributed by atoms with Gasteiger partial charge in [-0.25, -0.2) is 0 Å². The molecular formula is C33H44N4O. The Bertz CT molecular complexity index is 1070. The van der Waals surface area contributed by atoms with Gasteiger partial charge in [-0.1, -0.05) is 83.8 Å². The highest BCUT2D eigenvalue weighted by atomic mass is 16.5. The molecule has 0 amide bonds. The van der Waals surface area contributed by atoms with Crippen molar-refractivity contribution in [3.05, 3.63) is 78.4 Å². The second kappa shape index (κ2) is 18.0. The minimum atomic E-state index is 0.769. The SMILES string of the molecule is CCCCCCCCCCCOc1ccc(N=Nc2ccc(N=Nc3ccc(CCCC)cc3)cc2)cc1. The highest BCUT2D eigenvalue weighted by molar-refractivity contribution is 5.48. The van der Waals surface area contributed by atoms with Gasteiger partial charge >= 0.3 is 0 Å². The molecule has 38 heavy (non-hydrogen) atoms. The number of unbranched alkanes of at least 4 members (excludes halogenated alkanes) is 9. The summed E-state index contributed by atoms with van der Waals surface area (Å²) in [4.78, 5) is 0. The monoisotopic (exact) mass is 512 g/mol. The Morgan fingerprint density at radius 3 is 1.32 bits per heavy atom. The van der Waals surface area contributed by atoms with E-state index in [1.54, 1.807) is 0 Å². The molecule has 0 atom stereocenters. The van der Waals surface area contributed by atoms with E-state index < -0.39 is 0 Å². The standard InChI is InChI=1S/C33H44N4O/c1-3-5-7-8-9-10-11-12-13-27-38-33-25-23-32(24-26-33)37-36-31-21-19-30(20-22-31)35-34-29-17-15-28(16-18-29)14-6-4-2/h15-26H,3-14,27H2,1-2H3. The fraction of sp³-hybridized carbons (Fsp3) is 0.455. The maximum absolute atomic E-state index is 5.88. The van der Waals surface area contributed by atoms with E-state index in [0.717, 1.165) is 47.9 Å². The summed E-state index contributed by atoms with van der Waals surface area (Å²) in [6.45, 7) is 5.24. The molecule has 0 aromatic heterocycles. The molecule has 0 fully saturated rings. The Morgan fingerprint density at radius 2 is 0.842 bits per heavy atom. The third kappa shape index (κ3) is 11.8. The van der Waals surface area contributed by atoms with Crippen LogP contribution in [0.4, 0.5) is 22.7 Å². The van der Waals surface area contributed by atoms with Crippen LogP contribution in [0, 0.1) is 0 Å². The van der Waals surface area contributed by atoms with Crippen molar-refractivity contribution in [2.45, 2.75) is 90.9 Å². The lowest BCUT2D eigenvalue weighted by Crippen LogP contribution is -1.96. The largest absolute Gasteiger partial charge is 0.494 e. The number of azo groups is 2. The Kier molecular flexibility index (Phi) is 13.8. The average molecular weight is 513 g/mol. The number of benzene rings is 3. The van der Waals surface area contributed by atoms with Gasteiger partial charge in [0.25, 0.3) is 0 Å². The second-order valence-corrected chi connectivity index (χ2v) is 9.86. The first kappa shape index (κ1) is 29.2. The Balaban J connectivity index is 1.35. The highest BCUT2D eigenvalue weighted by Gasteiger charge is 1.98. The summed E-state index contributed by atoms with van der Waals surface area (Å²) in [6.07, 6.45) is 15.4. The molecule has 0 aliphatic carbocycles. The molecule has 0 saturated carbocycles. The van der Waals surface area contributed by atoms with E-state index in [9.17, 15) is 0 Å². The molecule has 0 aliphatic rings. The fourth-order valence-corrected chi connectivity index (χ4v) is 4.14. The first-order chi connectivity index (χ1) is 18.8. The van der Waals surface area contributed by atoms with Gasteiger partial charge in [0.15, 0.2) is 0 Å². The molecule has 3 rings (SSSR count). The molecule has 0 N–H and O–H groups in total. The molecule has 0 saturated heterocycles. The summed E-state index contributed by atoms with van der Waals surface area (Å²) >= 11 is 0. The average Bonchev–Trinajstić information content (AvgIpc) is 2.96. The number of ether oxygens (including phenoxy) is 1. The zero-order chi connectivity index (χ0) is 26.7. The number of aryl methyl sites for hydroxylation is 1. The number of rotatable bonds is 18. The van der Waals surface area contributed by atoms with Crippen molar-refractivity contribution in [3.8, 4) is 5.75 Å². The van der Waals surface area contributed by atoms with Gasteiger partial charge in [0.1, 0.15) is 5.75 Å². The second-order valence-electron chi connectivity index (χ2n) is 9.86. The lowest BCUT2D eigenvalue weighted by Gasteiger charge is -2.06. The normalized spacial score (nSPS) is 11.5. The zero-order valence-corrected chi connectivity index (χ0v) is 23.3. The van der Waals surface area contributed by atoms with Crippen molar-refractivity contribution < 1.29 is 4.74 Å². The van der Waals surface area contributed by atoms with Crippen LogP contribution >= 0.6 is 0 Å². The van der Waals surface area contributed by atoms with Crippen molar-refractivity contribution in [3.63, 3.8) is 0 Å². The molecule has 0 radical (unpaired) electrons. The van der Waals surface area contributed by atoms with E-state index in [2.05, 4.69) is 46.4 Å². The Labute approximate surface area is 229 Å². The minimum absolute atomic E-state index is 0.769. The van der Waals surface area contributed by atoms with E-state index in [0.29, 0.717) is 0 Å². The van der Waals surface area contributed by atoms with Crippen LogP contribution in [0.3, 0.4) is 0 Å². The van der Waals surface area contributed by atoms with Gasteiger partial charge in [-0.05, 0) is 85.5 Å². The number of hydrogen-bond donors (Lipinski definition) is 0. The number of hydrogen-bond acceptors (Lipinski definition) is 5. The molecular weight excluding hydrogens is 468 g/mol. The van der Waals surface area contributed by atoms with Crippen LogP contribution in [0.25, 0.3) is 0 Å². The summed E-state index contributed by atoms with van der Waals surface area (Å²) in [7, 11) is 0. The maximum atomic E-state index is 5.88. The van der Waals surface area contributed by atoms with E-state index in [1.165, 1.54) is 69.8 Å². The van der Waals surface area contributed by atoms with Crippen LogP contribution in [0.15, 0.2) is 93.3 Å². The van der Waals surface area contributed by atoms with Gasteiger partial charge < -0.3 is 4.74 Å². The first-order valence-electron chi connectivity index (χ1n) is 14.5.